The first-order valence-corrected chi connectivity index (χ1v) is 8.77. The van der Waals surface area contributed by atoms with Gasteiger partial charge in [0, 0.05) is 11.8 Å². The van der Waals surface area contributed by atoms with Gasteiger partial charge in [0.25, 0.3) is 0 Å². The molecule has 0 aromatic heterocycles. The Morgan fingerprint density at radius 1 is 1.37 bits per heavy atom. The van der Waals surface area contributed by atoms with E-state index in [-0.39, 0.29) is 10.5 Å². The van der Waals surface area contributed by atoms with Gasteiger partial charge in [0.2, 0.25) is 10.0 Å². The molecule has 1 N–H and O–H groups in total. The summed E-state index contributed by atoms with van der Waals surface area (Å²) in [6.45, 7) is 0.437. The number of nitriles is 1. The molecule has 2 rings (SSSR count). The SMILES string of the molecule is N#Cc1ccccc1S(=O)(=O)NCC1CCCCS1. The fourth-order valence-electron chi connectivity index (χ4n) is 2.04. The van der Waals surface area contributed by atoms with E-state index in [1.807, 2.05) is 17.8 Å². The standard InChI is InChI=1S/C13H16N2O2S2/c14-9-11-5-1-2-7-13(11)19(16,17)15-10-12-6-3-4-8-18-12/h1-2,5,7,12,15H,3-4,6,8,10H2. The molecule has 0 aliphatic carbocycles. The zero-order valence-corrected chi connectivity index (χ0v) is 12.1. The highest BCUT2D eigenvalue weighted by Crippen LogP contribution is 2.25. The van der Waals surface area contributed by atoms with Crippen LogP contribution in [0.25, 0.3) is 0 Å². The molecule has 19 heavy (non-hydrogen) atoms. The number of sulfonamides is 1. The number of nitrogens with one attached hydrogen (secondary N) is 1. The molecule has 0 spiro atoms. The highest BCUT2D eigenvalue weighted by Gasteiger charge is 2.21. The van der Waals surface area contributed by atoms with E-state index in [0.717, 1.165) is 18.6 Å². The van der Waals surface area contributed by atoms with Crippen LogP contribution in [0.5, 0.6) is 0 Å². The molecular formula is C13H16N2O2S2. The molecule has 1 atom stereocenters. The van der Waals surface area contributed by atoms with E-state index in [0.29, 0.717) is 11.8 Å². The van der Waals surface area contributed by atoms with Gasteiger partial charge in [0.05, 0.1) is 10.5 Å². The minimum absolute atomic E-state index is 0.0679. The zero-order valence-electron chi connectivity index (χ0n) is 10.5. The molecule has 1 unspecified atom stereocenters. The lowest BCUT2D eigenvalue weighted by Gasteiger charge is -2.21. The van der Waals surface area contributed by atoms with Crippen LogP contribution < -0.4 is 4.72 Å². The number of nitrogens with zero attached hydrogens (tertiary/aromatic N) is 1. The molecule has 1 heterocycles. The van der Waals surface area contributed by atoms with Gasteiger partial charge in [-0.1, -0.05) is 18.6 Å². The molecule has 102 valence electrons. The summed E-state index contributed by atoms with van der Waals surface area (Å²) in [5.41, 5.74) is 0.186. The van der Waals surface area contributed by atoms with Crippen molar-refractivity contribution < 1.29 is 8.42 Å². The minimum atomic E-state index is -3.59. The van der Waals surface area contributed by atoms with Gasteiger partial charge in [-0.05, 0) is 30.7 Å². The molecule has 0 amide bonds. The van der Waals surface area contributed by atoms with Crippen molar-refractivity contribution in [1.29, 1.82) is 5.26 Å². The maximum Gasteiger partial charge on any atom is 0.241 e. The monoisotopic (exact) mass is 296 g/mol. The van der Waals surface area contributed by atoms with Gasteiger partial charge < -0.3 is 0 Å². The Bertz CT molecular complexity index is 573. The fourth-order valence-corrected chi connectivity index (χ4v) is 4.62. The summed E-state index contributed by atoms with van der Waals surface area (Å²) in [4.78, 5) is 0.0679. The van der Waals surface area contributed by atoms with Crippen LogP contribution in [0.15, 0.2) is 29.2 Å². The lowest BCUT2D eigenvalue weighted by Crippen LogP contribution is -2.32. The van der Waals surface area contributed by atoms with Crippen LogP contribution in [-0.2, 0) is 10.0 Å². The Hall–Kier alpha value is -1.03. The molecular weight excluding hydrogens is 280 g/mol. The lowest BCUT2D eigenvalue weighted by molar-refractivity contribution is 0.573. The second-order valence-corrected chi connectivity index (χ2v) is 7.59. The molecule has 1 aromatic carbocycles. The average molecular weight is 296 g/mol. The molecule has 4 nitrogen and oxygen atoms in total. The zero-order chi connectivity index (χ0) is 13.7. The Kier molecular flexibility index (Phi) is 4.86. The van der Waals surface area contributed by atoms with Crippen LogP contribution in [0.1, 0.15) is 24.8 Å². The summed E-state index contributed by atoms with van der Waals surface area (Å²) in [5, 5.41) is 9.30. The van der Waals surface area contributed by atoms with Crippen LogP contribution in [0, 0.1) is 11.3 Å². The summed E-state index contributed by atoms with van der Waals surface area (Å²) < 4.78 is 27.0. The van der Waals surface area contributed by atoms with E-state index in [9.17, 15) is 8.42 Å². The van der Waals surface area contributed by atoms with Crippen molar-refractivity contribution in [1.82, 2.24) is 4.72 Å². The van der Waals surface area contributed by atoms with Crippen LogP contribution in [0.3, 0.4) is 0 Å². The van der Waals surface area contributed by atoms with Crippen molar-refractivity contribution in [2.45, 2.75) is 29.4 Å². The van der Waals surface area contributed by atoms with Crippen molar-refractivity contribution >= 4 is 21.8 Å². The van der Waals surface area contributed by atoms with Gasteiger partial charge >= 0.3 is 0 Å². The van der Waals surface area contributed by atoms with E-state index in [1.54, 1.807) is 12.1 Å². The summed E-state index contributed by atoms with van der Waals surface area (Å²) in [6.07, 6.45) is 3.42. The van der Waals surface area contributed by atoms with Crippen molar-refractivity contribution in [3.8, 4) is 6.07 Å². The van der Waals surface area contributed by atoms with Crippen molar-refractivity contribution in [3.63, 3.8) is 0 Å². The molecule has 6 heteroatoms. The van der Waals surface area contributed by atoms with Gasteiger partial charge in [0.15, 0.2) is 0 Å². The lowest BCUT2D eigenvalue weighted by atomic mass is 10.2. The summed E-state index contributed by atoms with van der Waals surface area (Å²) >= 11 is 1.82. The first-order chi connectivity index (χ1) is 9.13. The van der Waals surface area contributed by atoms with Crippen molar-refractivity contribution in [2.24, 2.45) is 0 Å². The third-order valence-corrected chi connectivity index (χ3v) is 5.95. The third kappa shape index (κ3) is 3.72. The van der Waals surface area contributed by atoms with E-state index in [4.69, 9.17) is 5.26 Å². The Balaban J connectivity index is 2.07. The Labute approximate surface area is 118 Å². The number of hydrogen-bond donors (Lipinski definition) is 1. The van der Waals surface area contributed by atoms with Gasteiger partial charge in [-0.2, -0.15) is 17.0 Å². The average Bonchev–Trinajstić information content (AvgIpc) is 2.46. The summed E-state index contributed by atoms with van der Waals surface area (Å²) in [5.74, 6) is 1.10. The van der Waals surface area contributed by atoms with E-state index >= 15 is 0 Å². The maximum absolute atomic E-state index is 12.2. The molecule has 1 saturated heterocycles. The largest absolute Gasteiger partial charge is 0.241 e. The van der Waals surface area contributed by atoms with E-state index in [1.165, 1.54) is 18.6 Å². The second-order valence-electron chi connectivity index (χ2n) is 4.45. The maximum atomic E-state index is 12.2. The van der Waals surface area contributed by atoms with Crippen LogP contribution in [-0.4, -0.2) is 26.0 Å². The number of benzene rings is 1. The summed E-state index contributed by atoms with van der Waals surface area (Å²) in [7, 11) is -3.59. The molecule has 1 aliphatic rings. The Morgan fingerprint density at radius 2 is 2.16 bits per heavy atom. The van der Waals surface area contributed by atoms with E-state index in [2.05, 4.69) is 4.72 Å². The molecule has 0 saturated carbocycles. The summed E-state index contributed by atoms with van der Waals surface area (Å²) in [6, 6.07) is 8.19. The van der Waals surface area contributed by atoms with Crippen LogP contribution >= 0.6 is 11.8 Å². The number of hydrogen-bond acceptors (Lipinski definition) is 4. The first-order valence-electron chi connectivity index (χ1n) is 6.24. The highest BCUT2D eigenvalue weighted by atomic mass is 32.2. The minimum Gasteiger partial charge on any atom is -0.210 e. The van der Waals surface area contributed by atoms with E-state index < -0.39 is 10.0 Å². The molecule has 1 aliphatic heterocycles. The molecule has 1 fully saturated rings. The number of thioether (sulfide) groups is 1. The van der Waals surface area contributed by atoms with Gasteiger partial charge in [-0.3, -0.25) is 0 Å². The molecule has 0 radical (unpaired) electrons. The van der Waals surface area contributed by atoms with Gasteiger partial charge in [-0.25, -0.2) is 13.1 Å². The van der Waals surface area contributed by atoms with Gasteiger partial charge in [0.1, 0.15) is 6.07 Å². The van der Waals surface area contributed by atoms with Crippen LogP contribution in [0.2, 0.25) is 0 Å². The predicted octanol–water partition coefficient (Wildman–Crippen LogP) is 2.12. The van der Waals surface area contributed by atoms with Gasteiger partial charge in [-0.15, -0.1) is 0 Å². The van der Waals surface area contributed by atoms with Crippen molar-refractivity contribution in [3.05, 3.63) is 29.8 Å². The van der Waals surface area contributed by atoms with Crippen LogP contribution in [0.4, 0.5) is 0 Å². The topological polar surface area (TPSA) is 70.0 Å². The number of rotatable bonds is 4. The second kappa shape index (κ2) is 6.42. The molecule has 1 aromatic rings. The Morgan fingerprint density at radius 3 is 2.84 bits per heavy atom. The quantitative estimate of drug-likeness (QED) is 0.924. The normalized spacial score (nSPS) is 19.8. The van der Waals surface area contributed by atoms with Crippen molar-refractivity contribution in [2.75, 3.05) is 12.3 Å². The fraction of sp³-hybridized carbons (Fsp3) is 0.462. The third-order valence-electron chi connectivity index (χ3n) is 3.07. The highest BCUT2D eigenvalue weighted by molar-refractivity contribution is 8.00. The smallest absolute Gasteiger partial charge is 0.210 e. The first kappa shape index (κ1) is 14.4. The molecule has 0 bridgehead atoms. The predicted molar refractivity (Wildman–Crippen MR) is 76.4 cm³/mol.